The quantitative estimate of drug-likeness (QED) is 0.0930. The zero-order chi connectivity index (χ0) is 55.9. The first-order valence-corrected chi connectivity index (χ1v) is 25.8. The van der Waals surface area contributed by atoms with E-state index in [1.165, 1.54) is 62.4 Å². The highest BCUT2D eigenvalue weighted by Crippen LogP contribution is 2.33. The van der Waals surface area contributed by atoms with Crippen LogP contribution < -0.4 is 16.0 Å². The third-order valence-electron chi connectivity index (χ3n) is 13.0. The molecule has 5 aromatic carbocycles. The predicted octanol–water partition coefficient (Wildman–Crippen LogP) is 12.4. The van der Waals surface area contributed by atoms with Gasteiger partial charge in [0.1, 0.15) is 34.5 Å². The lowest BCUT2D eigenvalue weighted by atomic mass is 9.93. The fourth-order valence-corrected chi connectivity index (χ4v) is 8.81. The van der Waals surface area contributed by atoms with Gasteiger partial charge in [0.05, 0.1) is 30.2 Å². The topological polar surface area (TPSA) is 186 Å². The van der Waals surface area contributed by atoms with Gasteiger partial charge >= 0.3 is 0 Å². The summed E-state index contributed by atoms with van der Waals surface area (Å²) in [5, 5.41) is 21.1. The number of benzene rings is 5. The molecule has 0 spiro atoms. The summed E-state index contributed by atoms with van der Waals surface area (Å²) in [6, 6.07) is 42.5. The summed E-state index contributed by atoms with van der Waals surface area (Å²) in [5.74, 6) is 1.34. The molecule has 2 saturated heterocycles. The van der Waals surface area contributed by atoms with Gasteiger partial charge in [-0.2, -0.15) is 0 Å². The van der Waals surface area contributed by atoms with Gasteiger partial charge in [-0.3, -0.25) is 24.1 Å². The van der Waals surface area contributed by atoms with Crippen LogP contribution in [0.2, 0.25) is 0 Å². The van der Waals surface area contributed by atoms with Crippen molar-refractivity contribution in [3.05, 3.63) is 197 Å². The van der Waals surface area contributed by atoms with Crippen molar-refractivity contribution in [1.29, 1.82) is 0 Å². The van der Waals surface area contributed by atoms with Crippen LogP contribution in [-0.4, -0.2) is 68.9 Å². The van der Waals surface area contributed by atoms with E-state index in [2.05, 4.69) is 83.1 Å². The second-order valence-corrected chi connectivity index (χ2v) is 20.0. The lowest BCUT2D eigenvalue weighted by Gasteiger charge is -2.42. The molecule has 0 saturated carbocycles. The molecule has 14 nitrogen and oxygen atoms in total. The molecule has 0 bridgehead atoms. The molecule has 2 aliphatic heterocycles. The number of carbonyl (C=O) groups excluding carboxylic acids is 4. The highest BCUT2D eigenvalue weighted by Gasteiger charge is 2.39. The summed E-state index contributed by atoms with van der Waals surface area (Å²) >= 11 is 0. The minimum absolute atomic E-state index is 0.0324. The maximum absolute atomic E-state index is 13.2. The number of nitrogens with one attached hydrogen (secondary N) is 3. The number of nitrogens with zero attached hydrogens (tertiary/aromatic N) is 4. The van der Waals surface area contributed by atoms with Crippen LogP contribution in [0.3, 0.4) is 0 Å². The van der Waals surface area contributed by atoms with Crippen molar-refractivity contribution in [2.75, 3.05) is 13.1 Å². The van der Waals surface area contributed by atoms with E-state index in [1.807, 2.05) is 54.6 Å². The molecule has 5 atom stereocenters. The average molecular weight is 1060 g/mol. The Bertz CT molecular complexity index is 3110. The van der Waals surface area contributed by atoms with Crippen molar-refractivity contribution in [3.8, 4) is 34.0 Å². The van der Waals surface area contributed by atoms with E-state index in [4.69, 9.17) is 13.6 Å². The average Bonchev–Trinajstić information content (AvgIpc) is 4.28. The van der Waals surface area contributed by atoms with Gasteiger partial charge < -0.3 is 29.5 Å². The SMILES string of the molecule is CC(=O)c1cc(-c2ccc(F)cc2)on1.CC(=O)c1cc(-c2ccc(F)cc2)on1.CC(C)C[C@@H]1NC[C@H](c2ccccc2)NC1=O.CC(C)C[C@H]1C(=O)N[C@@H](c2ccccc2)CN1C(C)c1cc(-c2ccc(F)cc2)on1. The van der Waals surface area contributed by atoms with Crippen molar-refractivity contribution in [3.63, 3.8) is 0 Å². The number of hydrogen-bond acceptors (Lipinski definition) is 12. The highest BCUT2D eigenvalue weighted by molar-refractivity contribution is 5.93. The Balaban J connectivity index is 0.000000160. The van der Waals surface area contributed by atoms with Crippen LogP contribution in [0.25, 0.3) is 34.0 Å². The minimum atomic E-state index is -0.315. The molecule has 5 heterocycles. The summed E-state index contributed by atoms with van der Waals surface area (Å²) in [4.78, 5) is 49.2. The lowest BCUT2D eigenvalue weighted by Crippen LogP contribution is -2.57. The van der Waals surface area contributed by atoms with E-state index in [0.717, 1.165) is 41.8 Å². The Morgan fingerprint density at radius 3 is 1.37 bits per heavy atom. The first kappa shape index (κ1) is 57.4. The Kier molecular flexibility index (Phi) is 20.0. The van der Waals surface area contributed by atoms with Gasteiger partial charge in [0.25, 0.3) is 0 Å². The third kappa shape index (κ3) is 15.9. The van der Waals surface area contributed by atoms with Gasteiger partial charge in [-0.1, -0.05) is 104 Å². The monoisotopic (exact) mass is 1060 g/mol. The number of Topliss-reactive ketones (excluding diaryl/α,β-unsaturated/α-hetero) is 2. The van der Waals surface area contributed by atoms with Gasteiger partial charge in [-0.05, 0) is 116 Å². The van der Waals surface area contributed by atoms with E-state index < -0.39 is 0 Å². The largest absolute Gasteiger partial charge is 0.356 e. The summed E-state index contributed by atoms with van der Waals surface area (Å²) in [6.07, 6.45) is 1.66. The van der Waals surface area contributed by atoms with E-state index in [-0.39, 0.29) is 82.4 Å². The highest BCUT2D eigenvalue weighted by atomic mass is 19.1. The van der Waals surface area contributed by atoms with Gasteiger partial charge in [0.15, 0.2) is 28.8 Å². The molecular formula is C61H64F3N7O7. The van der Waals surface area contributed by atoms with Crippen molar-refractivity contribution < 1.29 is 45.9 Å². The molecule has 2 amide bonds. The maximum atomic E-state index is 13.2. The minimum Gasteiger partial charge on any atom is -0.356 e. The first-order valence-electron chi connectivity index (χ1n) is 25.8. The Morgan fingerprint density at radius 2 is 0.962 bits per heavy atom. The molecule has 406 valence electrons. The molecule has 78 heavy (non-hydrogen) atoms. The van der Waals surface area contributed by atoms with E-state index in [9.17, 15) is 32.3 Å². The van der Waals surface area contributed by atoms with Crippen molar-refractivity contribution in [2.24, 2.45) is 11.8 Å². The molecule has 3 aromatic heterocycles. The van der Waals surface area contributed by atoms with E-state index >= 15 is 0 Å². The standard InChI is InChI=1S/C25H28FN3O2.C14H20N2O.2C11H8FNO2/c1-16(2)13-23-25(30)27-22(18-7-5-4-6-8-18)15-29(23)17(3)21-14-24(31-28-21)19-9-11-20(26)12-10-19;1-10(2)8-12-14(17)16-13(9-15-12)11-6-4-3-5-7-11;2*1-7(14)10-6-11(15-13-10)8-2-4-9(12)5-3-8/h4-12,14,16-17,22-23H,13,15H2,1-3H3,(H,27,30);3-7,10,12-13,15H,8-9H2,1-2H3,(H,16,17);2*2-6H,1H3/t17?,22-,23+;12-,13+;;/m10../s1. The Hall–Kier alpha value is -8.28. The van der Waals surface area contributed by atoms with Crippen LogP contribution >= 0.6 is 0 Å². The van der Waals surface area contributed by atoms with Gasteiger partial charge in [0, 0.05) is 61.8 Å². The molecule has 1 unspecified atom stereocenters. The molecule has 10 rings (SSSR count). The Labute approximate surface area is 451 Å². The molecule has 2 aliphatic rings. The number of aromatic nitrogens is 3. The lowest BCUT2D eigenvalue weighted by molar-refractivity contribution is -0.133. The number of piperazine rings is 2. The number of ketones is 2. The fraction of sp³-hybridized carbons (Fsp3) is 0.295. The zero-order valence-electron chi connectivity index (χ0n) is 44.6. The molecule has 0 radical (unpaired) electrons. The maximum Gasteiger partial charge on any atom is 0.237 e. The number of halogens is 3. The molecule has 17 heteroatoms. The summed E-state index contributed by atoms with van der Waals surface area (Å²) in [5.41, 5.74) is 5.70. The van der Waals surface area contributed by atoms with Crippen LogP contribution in [0.4, 0.5) is 13.2 Å². The summed E-state index contributed by atoms with van der Waals surface area (Å²) in [7, 11) is 0. The van der Waals surface area contributed by atoms with Crippen LogP contribution in [0.5, 0.6) is 0 Å². The second kappa shape index (κ2) is 27.2. The number of hydrogen-bond donors (Lipinski definition) is 3. The fourth-order valence-electron chi connectivity index (χ4n) is 8.81. The Morgan fingerprint density at radius 1 is 0.551 bits per heavy atom. The number of carbonyl (C=O) groups is 4. The van der Waals surface area contributed by atoms with E-state index in [0.29, 0.717) is 46.8 Å². The summed E-state index contributed by atoms with van der Waals surface area (Å²) < 4.78 is 54.0. The molecule has 8 aromatic rings. The molecule has 2 fully saturated rings. The first-order chi connectivity index (χ1) is 37.4. The molecule has 0 aliphatic carbocycles. The third-order valence-corrected chi connectivity index (χ3v) is 13.0. The zero-order valence-corrected chi connectivity index (χ0v) is 44.6. The van der Waals surface area contributed by atoms with Crippen LogP contribution in [0.15, 0.2) is 165 Å². The van der Waals surface area contributed by atoms with Crippen LogP contribution in [0.1, 0.15) is 117 Å². The van der Waals surface area contributed by atoms with E-state index in [1.54, 1.807) is 36.4 Å². The number of amides is 2. The number of rotatable bonds is 13. The van der Waals surface area contributed by atoms with Crippen molar-refractivity contribution in [2.45, 2.75) is 91.5 Å². The van der Waals surface area contributed by atoms with Gasteiger partial charge in [-0.25, -0.2) is 13.2 Å². The second-order valence-electron chi connectivity index (χ2n) is 20.0. The van der Waals surface area contributed by atoms with Gasteiger partial charge in [-0.15, -0.1) is 0 Å². The predicted molar refractivity (Wildman–Crippen MR) is 290 cm³/mol. The van der Waals surface area contributed by atoms with Crippen molar-refractivity contribution >= 4 is 23.4 Å². The van der Waals surface area contributed by atoms with Crippen molar-refractivity contribution in [1.82, 2.24) is 36.3 Å². The normalized spacial score (nSPS) is 17.5. The molecule has 3 N–H and O–H groups in total. The molecular weight excluding hydrogens is 1000 g/mol. The smallest absolute Gasteiger partial charge is 0.237 e. The van der Waals surface area contributed by atoms with Crippen LogP contribution in [-0.2, 0) is 9.59 Å². The van der Waals surface area contributed by atoms with Gasteiger partial charge in [0.2, 0.25) is 11.8 Å². The van der Waals surface area contributed by atoms with Crippen LogP contribution in [0, 0.1) is 29.3 Å². The summed E-state index contributed by atoms with van der Waals surface area (Å²) in [6.45, 7) is 14.9.